The highest BCUT2D eigenvalue weighted by molar-refractivity contribution is 6.21. The van der Waals surface area contributed by atoms with Crippen LogP contribution >= 0.6 is 0 Å². The van der Waals surface area contributed by atoms with Gasteiger partial charge in [0.2, 0.25) is 0 Å². The number of amides is 2. The summed E-state index contributed by atoms with van der Waals surface area (Å²) >= 11 is 0. The van der Waals surface area contributed by atoms with Gasteiger partial charge >= 0.3 is 5.97 Å². The van der Waals surface area contributed by atoms with Crippen molar-refractivity contribution in [2.45, 2.75) is 34.6 Å². The Labute approximate surface area is 129 Å². The van der Waals surface area contributed by atoms with Crippen molar-refractivity contribution in [1.29, 1.82) is 0 Å². The van der Waals surface area contributed by atoms with Crippen molar-refractivity contribution in [3.8, 4) is 0 Å². The number of rotatable bonds is 2. The van der Waals surface area contributed by atoms with Crippen LogP contribution in [0.25, 0.3) is 0 Å². The van der Waals surface area contributed by atoms with E-state index < -0.39 is 23.2 Å². The summed E-state index contributed by atoms with van der Waals surface area (Å²) in [5.41, 5.74) is -0.750. The number of imide groups is 1. The van der Waals surface area contributed by atoms with Crippen LogP contribution in [0.2, 0.25) is 0 Å². The minimum absolute atomic E-state index is 0.264. The third kappa shape index (κ3) is 1.41. The van der Waals surface area contributed by atoms with E-state index in [1.54, 1.807) is 24.3 Å². The molecule has 1 fully saturated rings. The topological polar surface area (TPSA) is 63.7 Å². The first-order valence-electron chi connectivity index (χ1n) is 7.27. The van der Waals surface area contributed by atoms with Gasteiger partial charge < -0.3 is 4.84 Å². The zero-order valence-corrected chi connectivity index (χ0v) is 13.4. The number of benzene rings is 1. The van der Waals surface area contributed by atoms with Crippen molar-refractivity contribution in [3.63, 3.8) is 0 Å². The van der Waals surface area contributed by atoms with Gasteiger partial charge in [-0.15, -0.1) is 0 Å². The smallest absolute Gasteiger partial charge is 0.329 e. The first kappa shape index (κ1) is 14.8. The maximum absolute atomic E-state index is 12.6. The van der Waals surface area contributed by atoms with Crippen LogP contribution in [0.4, 0.5) is 0 Å². The summed E-state index contributed by atoms with van der Waals surface area (Å²) in [5.74, 6) is -1.72. The van der Waals surface area contributed by atoms with Crippen LogP contribution in [0.15, 0.2) is 24.3 Å². The molecule has 1 aromatic carbocycles. The van der Waals surface area contributed by atoms with Crippen LogP contribution in [0.5, 0.6) is 0 Å². The average Bonchev–Trinajstić information content (AvgIpc) is 2.68. The van der Waals surface area contributed by atoms with Crippen molar-refractivity contribution < 1.29 is 19.2 Å². The highest BCUT2D eigenvalue weighted by atomic mass is 16.7. The molecule has 1 heterocycles. The van der Waals surface area contributed by atoms with Crippen LogP contribution in [-0.2, 0) is 9.63 Å². The maximum atomic E-state index is 12.6. The Morgan fingerprint density at radius 3 is 1.68 bits per heavy atom. The van der Waals surface area contributed by atoms with Crippen molar-refractivity contribution in [2.75, 3.05) is 0 Å². The van der Waals surface area contributed by atoms with Gasteiger partial charge in [-0.1, -0.05) is 44.9 Å². The lowest BCUT2D eigenvalue weighted by Crippen LogP contribution is -2.36. The predicted molar refractivity (Wildman–Crippen MR) is 78.7 cm³/mol. The van der Waals surface area contributed by atoms with Gasteiger partial charge in [-0.25, -0.2) is 4.79 Å². The highest BCUT2D eigenvalue weighted by Gasteiger charge is 2.79. The second kappa shape index (κ2) is 3.97. The number of carbonyl (C=O) groups excluding carboxylic acids is 3. The lowest BCUT2D eigenvalue weighted by molar-refractivity contribution is -0.177. The summed E-state index contributed by atoms with van der Waals surface area (Å²) in [7, 11) is 0. The number of fused-ring (bicyclic) bond motifs is 1. The van der Waals surface area contributed by atoms with E-state index in [0.717, 1.165) is 0 Å². The first-order valence-corrected chi connectivity index (χ1v) is 7.27. The molecular weight excluding hydrogens is 282 g/mol. The lowest BCUT2D eigenvalue weighted by atomic mass is 9.98. The molecule has 0 N–H and O–H groups in total. The molecule has 0 radical (unpaired) electrons. The average molecular weight is 301 g/mol. The van der Waals surface area contributed by atoms with Gasteiger partial charge in [0.25, 0.3) is 11.8 Å². The monoisotopic (exact) mass is 301 g/mol. The van der Waals surface area contributed by atoms with E-state index in [1.807, 2.05) is 34.6 Å². The van der Waals surface area contributed by atoms with E-state index in [1.165, 1.54) is 0 Å². The highest BCUT2D eigenvalue weighted by Crippen LogP contribution is 2.78. The Morgan fingerprint density at radius 1 is 0.909 bits per heavy atom. The number of hydrogen-bond acceptors (Lipinski definition) is 4. The molecule has 3 rings (SSSR count). The molecule has 2 aliphatic rings. The van der Waals surface area contributed by atoms with E-state index in [4.69, 9.17) is 4.84 Å². The van der Waals surface area contributed by atoms with Crippen LogP contribution < -0.4 is 0 Å². The third-order valence-electron chi connectivity index (χ3n) is 6.34. The van der Waals surface area contributed by atoms with Gasteiger partial charge in [0, 0.05) is 0 Å². The molecule has 0 spiro atoms. The molecular formula is C17H19NO4. The number of hydroxylamine groups is 2. The number of hydrogen-bond donors (Lipinski definition) is 0. The zero-order chi connectivity index (χ0) is 16.5. The Hall–Kier alpha value is -2.17. The van der Waals surface area contributed by atoms with E-state index in [-0.39, 0.29) is 22.0 Å². The lowest BCUT2D eigenvalue weighted by Gasteiger charge is -2.18. The fourth-order valence-corrected chi connectivity index (χ4v) is 3.53. The fraction of sp³-hybridized carbons (Fsp3) is 0.471. The Morgan fingerprint density at radius 2 is 1.32 bits per heavy atom. The largest absolute Gasteiger partial charge is 0.340 e. The summed E-state index contributed by atoms with van der Waals surface area (Å²) in [6.07, 6.45) is 0. The zero-order valence-electron chi connectivity index (χ0n) is 13.4. The van der Waals surface area contributed by atoms with Gasteiger partial charge in [0.1, 0.15) is 0 Å². The standard InChI is InChI=1S/C17H19NO4/c1-15(2)16(3,4)17(15,5)14(21)22-18-12(19)10-8-6-7-9-11(10)13(18)20/h6-9H,1-5H3. The second-order valence-electron chi connectivity index (χ2n) is 7.20. The van der Waals surface area contributed by atoms with Crippen molar-refractivity contribution in [2.24, 2.45) is 16.2 Å². The molecule has 22 heavy (non-hydrogen) atoms. The SMILES string of the molecule is CC1(C)C(C)(C)C1(C)C(=O)ON1C(=O)c2ccccc2C1=O. The summed E-state index contributed by atoms with van der Waals surface area (Å²) < 4.78 is 0. The molecule has 0 atom stereocenters. The van der Waals surface area contributed by atoms with Crippen molar-refractivity contribution in [3.05, 3.63) is 35.4 Å². The van der Waals surface area contributed by atoms with Gasteiger partial charge in [-0.05, 0) is 29.9 Å². The van der Waals surface area contributed by atoms with E-state index >= 15 is 0 Å². The normalized spacial score (nSPS) is 23.2. The predicted octanol–water partition coefficient (Wildman–Crippen LogP) is 2.81. The van der Waals surface area contributed by atoms with E-state index in [0.29, 0.717) is 5.06 Å². The van der Waals surface area contributed by atoms with Crippen LogP contribution in [-0.4, -0.2) is 22.8 Å². The molecule has 1 aromatic rings. The van der Waals surface area contributed by atoms with Crippen LogP contribution in [0, 0.1) is 16.2 Å². The molecule has 0 saturated heterocycles. The quantitative estimate of drug-likeness (QED) is 0.788. The molecule has 0 unspecified atom stereocenters. The molecule has 1 aliphatic heterocycles. The summed E-state index contributed by atoms with van der Waals surface area (Å²) in [4.78, 5) is 42.3. The van der Waals surface area contributed by atoms with Gasteiger partial charge in [-0.2, -0.15) is 0 Å². The van der Waals surface area contributed by atoms with Crippen molar-refractivity contribution in [1.82, 2.24) is 5.06 Å². The van der Waals surface area contributed by atoms with Crippen LogP contribution in [0.3, 0.4) is 0 Å². The maximum Gasteiger partial charge on any atom is 0.340 e. The number of nitrogens with zero attached hydrogens (tertiary/aromatic N) is 1. The molecule has 2 amide bonds. The van der Waals surface area contributed by atoms with Gasteiger partial charge in [-0.3, -0.25) is 9.59 Å². The third-order valence-corrected chi connectivity index (χ3v) is 6.34. The molecule has 5 nitrogen and oxygen atoms in total. The van der Waals surface area contributed by atoms with Gasteiger partial charge in [0.15, 0.2) is 0 Å². The Kier molecular flexibility index (Phi) is 2.66. The summed E-state index contributed by atoms with van der Waals surface area (Å²) in [6, 6.07) is 6.44. The number of carbonyl (C=O) groups is 3. The Balaban J connectivity index is 1.86. The summed E-state index contributed by atoms with van der Waals surface area (Å²) in [5, 5.41) is 0.586. The fourth-order valence-electron chi connectivity index (χ4n) is 3.53. The first-order chi connectivity index (χ1) is 10.1. The molecule has 116 valence electrons. The molecule has 1 saturated carbocycles. The van der Waals surface area contributed by atoms with Crippen LogP contribution in [0.1, 0.15) is 55.3 Å². The van der Waals surface area contributed by atoms with E-state index in [2.05, 4.69) is 0 Å². The van der Waals surface area contributed by atoms with Crippen molar-refractivity contribution >= 4 is 17.8 Å². The minimum Gasteiger partial charge on any atom is -0.329 e. The molecule has 0 bridgehead atoms. The van der Waals surface area contributed by atoms with E-state index in [9.17, 15) is 14.4 Å². The summed E-state index contributed by atoms with van der Waals surface area (Å²) in [6.45, 7) is 9.74. The molecule has 0 aromatic heterocycles. The van der Waals surface area contributed by atoms with Gasteiger partial charge in [0.05, 0.1) is 16.5 Å². The minimum atomic E-state index is -0.741. The second-order valence-corrected chi connectivity index (χ2v) is 7.20. The molecule has 1 aliphatic carbocycles. The Bertz CT molecular complexity index is 668. The molecule has 5 heteroatoms.